The molecule has 0 radical (unpaired) electrons. The maximum absolute atomic E-state index is 13.0. The Labute approximate surface area is 85.0 Å². The number of carbonyl (C=O) groups is 2. The minimum absolute atomic E-state index is 0.222. The number of hydrogen-bond acceptors (Lipinski definition) is 2. The number of halogens is 2. The van der Waals surface area contributed by atoms with Gasteiger partial charge in [0.25, 0.3) is 5.92 Å². The molecule has 1 aliphatic carbocycles. The molecule has 1 fully saturated rings. The fourth-order valence-electron chi connectivity index (χ4n) is 1.47. The van der Waals surface area contributed by atoms with Gasteiger partial charge < -0.3 is 10.4 Å². The van der Waals surface area contributed by atoms with Crippen molar-refractivity contribution >= 4 is 11.9 Å². The summed E-state index contributed by atoms with van der Waals surface area (Å²) in [6.45, 7) is 0. The third-order valence-corrected chi connectivity index (χ3v) is 2.21. The van der Waals surface area contributed by atoms with Gasteiger partial charge in [0.15, 0.2) is 0 Å². The Morgan fingerprint density at radius 1 is 1.40 bits per heavy atom. The molecule has 0 aromatic rings. The predicted octanol–water partition coefficient (Wildman–Crippen LogP) is 0.931. The number of hydrogen-bond donors (Lipinski definition) is 2. The maximum atomic E-state index is 13.0. The van der Waals surface area contributed by atoms with Gasteiger partial charge in [0, 0.05) is 18.6 Å². The molecule has 15 heavy (non-hydrogen) atoms. The van der Waals surface area contributed by atoms with Crippen LogP contribution in [0.1, 0.15) is 19.3 Å². The molecular formula is C9H11F2NO3. The summed E-state index contributed by atoms with van der Waals surface area (Å²) in [7, 11) is 0. The van der Waals surface area contributed by atoms with Gasteiger partial charge in [-0.15, -0.1) is 0 Å². The van der Waals surface area contributed by atoms with Crippen LogP contribution in [-0.4, -0.2) is 28.9 Å². The zero-order valence-electron chi connectivity index (χ0n) is 7.87. The number of carboxylic acids is 1. The molecule has 0 spiro atoms. The van der Waals surface area contributed by atoms with Gasteiger partial charge >= 0.3 is 5.97 Å². The van der Waals surface area contributed by atoms with Gasteiger partial charge in [-0.1, -0.05) is 0 Å². The van der Waals surface area contributed by atoms with Crippen molar-refractivity contribution in [1.29, 1.82) is 0 Å². The molecule has 1 saturated carbocycles. The van der Waals surface area contributed by atoms with Gasteiger partial charge in [-0.05, 0) is 12.8 Å². The standard InChI is InChI=1S/C9H11F2NO3/c10-9(11)5-1-2-6(9)12-7(13)3-4-8(14)15/h3-4,6H,1-2,5H2,(H,12,13)(H,14,15)/b4-3-. The lowest BCUT2D eigenvalue weighted by Crippen LogP contribution is -2.43. The van der Waals surface area contributed by atoms with E-state index in [-0.39, 0.29) is 12.8 Å². The van der Waals surface area contributed by atoms with Gasteiger partial charge in [-0.3, -0.25) is 4.79 Å². The van der Waals surface area contributed by atoms with E-state index in [2.05, 4.69) is 5.32 Å². The quantitative estimate of drug-likeness (QED) is 0.694. The van der Waals surface area contributed by atoms with Crippen molar-refractivity contribution in [2.45, 2.75) is 31.2 Å². The highest BCUT2D eigenvalue weighted by Gasteiger charge is 2.44. The molecule has 6 heteroatoms. The molecule has 0 aromatic carbocycles. The summed E-state index contributed by atoms with van der Waals surface area (Å²) >= 11 is 0. The van der Waals surface area contributed by atoms with E-state index in [9.17, 15) is 18.4 Å². The first-order chi connectivity index (χ1) is 6.92. The summed E-state index contributed by atoms with van der Waals surface area (Å²) < 4.78 is 26.0. The van der Waals surface area contributed by atoms with Crippen LogP contribution in [0.4, 0.5) is 8.78 Å². The zero-order chi connectivity index (χ0) is 11.5. The van der Waals surface area contributed by atoms with E-state index in [0.29, 0.717) is 12.5 Å². The molecule has 2 N–H and O–H groups in total. The molecule has 1 atom stereocenters. The van der Waals surface area contributed by atoms with Crippen LogP contribution in [0.3, 0.4) is 0 Å². The summed E-state index contributed by atoms with van der Waals surface area (Å²) in [6, 6.07) is -1.18. The summed E-state index contributed by atoms with van der Waals surface area (Å²) in [4.78, 5) is 21.1. The average Bonchev–Trinajstić information content (AvgIpc) is 2.43. The Kier molecular flexibility index (Phi) is 3.39. The van der Waals surface area contributed by atoms with E-state index < -0.39 is 23.8 Å². The lowest BCUT2D eigenvalue weighted by Gasteiger charge is -2.19. The van der Waals surface area contributed by atoms with Crippen molar-refractivity contribution in [2.24, 2.45) is 0 Å². The van der Waals surface area contributed by atoms with Gasteiger partial charge in [-0.25, -0.2) is 13.6 Å². The van der Waals surface area contributed by atoms with Crippen LogP contribution in [-0.2, 0) is 9.59 Å². The summed E-state index contributed by atoms with van der Waals surface area (Å²) in [6.07, 6.45) is 1.69. The van der Waals surface area contributed by atoms with Crippen molar-refractivity contribution in [1.82, 2.24) is 5.32 Å². The normalized spacial score (nSPS) is 24.3. The lowest BCUT2D eigenvalue weighted by atomic mass is 10.2. The van der Waals surface area contributed by atoms with Crippen LogP contribution < -0.4 is 5.32 Å². The smallest absolute Gasteiger partial charge is 0.328 e. The van der Waals surface area contributed by atoms with Crippen molar-refractivity contribution < 1.29 is 23.5 Å². The van der Waals surface area contributed by atoms with Crippen LogP contribution in [0.5, 0.6) is 0 Å². The van der Waals surface area contributed by atoms with Gasteiger partial charge in [0.2, 0.25) is 5.91 Å². The summed E-state index contributed by atoms with van der Waals surface area (Å²) in [5, 5.41) is 10.3. The number of nitrogens with one attached hydrogen (secondary N) is 1. The molecule has 1 aliphatic rings. The van der Waals surface area contributed by atoms with Crippen LogP contribution in [0.25, 0.3) is 0 Å². The Bertz CT molecular complexity index is 302. The van der Waals surface area contributed by atoms with Crippen LogP contribution in [0, 0.1) is 0 Å². The molecule has 0 bridgehead atoms. The second-order valence-corrected chi connectivity index (χ2v) is 3.39. The predicted molar refractivity (Wildman–Crippen MR) is 47.5 cm³/mol. The average molecular weight is 219 g/mol. The first-order valence-corrected chi connectivity index (χ1v) is 4.51. The van der Waals surface area contributed by atoms with Crippen molar-refractivity contribution in [2.75, 3.05) is 0 Å². The molecule has 4 nitrogen and oxygen atoms in total. The lowest BCUT2D eigenvalue weighted by molar-refractivity contribution is -0.131. The molecule has 0 heterocycles. The van der Waals surface area contributed by atoms with E-state index in [1.807, 2.05) is 0 Å². The molecule has 1 unspecified atom stereocenters. The Morgan fingerprint density at radius 2 is 2.07 bits per heavy atom. The molecule has 0 aliphatic heterocycles. The number of carbonyl (C=O) groups excluding carboxylic acids is 1. The second kappa shape index (κ2) is 4.37. The third-order valence-electron chi connectivity index (χ3n) is 2.21. The largest absolute Gasteiger partial charge is 0.478 e. The van der Waals surface area contributed by atoms with Crippen LogP contribution in [0.15, 0.2) is 12.2 Å². The highest BCUT2D eigenvalue weighted by Crippen LogP contribution is 2.34. The first-order valence-electron chi connectivity index (χ1n) is 4.51. The second-order valence-electron chi connectivity index (χ2n) is 3.39. The molecule has 0 saturated heterocycles. The third kappa shape index (κ3) is 3.30. The van der Waals surface area contributed by atoms with Gasteiger partial charge in [0.05, 0.1) is 6.04 Å². The summed E-state index contributed by atoms with van der Waals surface area (Å²) in [5.41, 5.74) is 0. The van der Waals surface area contributed by atoms with E-state index >= 15 is 0 Å². The molecular weight excluding hydrogens is 208 g/mol. The van der Waals surface area contributed by atoms with E-state index in [4.69, 9.17) is 5.11 Å². The number of alkyl halides is 2. The number of carboxylic acid groups (broad SMARTS) is 1. The fraction of sp³-hybridized carbons (Fsp3) is 0.556. The highest BCUT2D eigenvalue weighted by atomic mass is 19.3. The number of aliphatic carboxylic acids is 1. The zero-order valence-corrected chi connectivity index (χ0v) is 7.87. The minimum atomic E-state index is -2.88. The Balaban J connectivity index is 2.48. The molecule has 84 valence electrons. The van der Waals surface area contributed by atoms with Crippen molar-refractivity contribution in [3.05, 3.63) is 12.2 Å². The van der Waals surface area contributed by atoms with Crippen molar-refractivity contribution in [3.8, 4) is 0 Å². The van der Waals surface area contributed by atoms with Crippen LogP contribution in [0.2, 0.25) is 0 Å². The van der Waals surface area contributed by atoms with E-state index in [0.717, 1.165) is 6.08 Å². The van der Waals surface area contributed by atoms with Crippen LogP contribution >= 0.6 is 0 Å². The molecule has 0 aromatic heterocycles. The SMILES string of the molecule is O=C(O)/C=C\C(=O)NC1CCCC1(F)F. The highest BCUT2D eigenvalue weighted by molar-refractivity contribution is 5.94. The Hall–Kier alpha value is -1.46. The number of rotatable bonds is 3. The topological polar surface area (TPSA) is 66.4 Å². The van der Waals surface area contributed by atoms with Crippen molar-refractivity contribution in [3.63, 3.8) is 0 Å². The maximum Gasteiger partial charge on any atom is 0.328 e. The van der Waals surface area contributed by atoms with E-state index in [1.165, 1.54) is 0 Å². The van der Waals surface area contributed by atoms with Gasteiger partial charge in [0.1, 0.15) is 0 Å². The summed E-state index contributed by atoms with van der Waals surface area (Å²) in [5.74, 6) is -4.97. The van der Waals surface area contributed by atoms with E-state index in [1.54, 1.807) is 0 Å². The first kappa shape index (κ1) is 11.6. The minimum Gasteiger partial charge on any atom is -0.478 e. The Morgan fingerprint density at radius 3 is 2.53 bits per heavy atom. The fourth-order valence-corrected chi connectivity index (χ4v) is 1.47. The van der Waals surface area contributed by atoms with Gasteiger partial charge in [-0.2, -0.15) is 0 Å². The molecule has 1 rings (SSSR count). The molecule has 1 amide bonds. The number of amides is 1. The monoisotopic (exact) mass is 219 g/mol.